The quantitative estimate of drug-likeness (QED) is 0.823. The SMILES string of the molecule is CC(CC#N)NS(=O)(=O)c1cc(C(=O)O)n(C(C)C)c1. The van der Waals surface area contributed by atoms with Gasteiger partial charge in [0.15, 0.2) is 0 Å². The number of aromatic carboxylic acids is 1. The molecule has 1 aromatic rings. The zero-order valence-electron chi connectivity index (χ0n) is 11.5. The smallest absolute Gasteiger partial charge is 0.352 e. The van der Waals surface area contributed by atoms with Crippen LogP contribution >= 0.6 is 0 Å². The van der Waals surface area contributed by atoms with E-state index in [4.69, 9.17) is 10.4 Å². The largest absolute Gasteiger partial charge is 0.477 e. The van der Waals surface area contributed by atoms with Gasteiger partial charge in [-0.3, -0.25) is 0 Å². The number of carboxylic acids is 1. The number of aromatic nitrogens is 1. The number of hydrogen-bond acceptors (Lipinski definition) is 4. The Kier molecular flexibility index (Phi) is 4.92. The number of carboxylic acid groups (broad SMARTS) is 1. The molecule has 0 aliphatic carbocycles. The van der Waals surface area contributed by atoms with E-state index in [0.717, 1.165) is 6.07 Å². The molecule has 0 saturated carbocycles. The van der Waals surface area contributed by atoms with E-state index in [9.17, 15) is 13.2 Å². The van der Waals surface area contributed by atoms with E-state index in [1.807, 2.05) is 6.07 Å². The van der Waals surface area contributed by atoms with Crippen LogP contribution in [0, 0.1) is 11.3 Å². The fourth-order valence-electron chi connectivity index (χ4n) is 1.71. The molecular formula is C12H17N3O4S. The molecule has 0 spiro atoms. The first kappa shape index (κ1) is 16.2. The molecule has 1 aromatic heterocycles. The van der Waals surface area contributed by atoms with Crippen LogP contribution in [-0.4, -0.2) is 30.1 Å². The van der Waals surface area contributed by atoms with Gasteiger partial charge in [-0.1, -0.05) is 0 Å². The van der Waals surface area contributed by atoms with Crippen molar-refractivity contribution in [2.24, 2.45) is 0 Å². The van der Waals surface area contributed by atoms with Crippen LogP contribution in [0.3, 0.4) is 0 Å². The maximum atomic E-state index is 12.1. The topological polar surface area (TPSA) is 112 Å². The van der Waals surface area contributed by atoms with Gasteiger partial charge in [-0.25, -0.2) is 17.9 Å². The summed E-state index contributed by atoms with van der Waals surface area (Å²) < 4.78 is 27.9. The molecule has 0 radical (unpaired) electrons. The van der Waals surface area contributed by atoms with Crippen LogP contribution in [0.2, 0.25) is 0 Å². The van der Waals surface area contributed by atoms with E-state index in [1.54, 1.807) is 20.8 Å². The first-order valence-electron chi connectivity index (χ1n) is 6.03. The van der Waals surface area contributed by atoms with Crippen LogP contribution in [0.25, 0.3) is 0 Å². The molecule has 0 saturated heterocycles. The third kappa shape index (κ3) is 3.59. The van der Waals surface area contributed by atoms with Crippen molar-refractivity contribution in [3.63, 3.8) is 0 Å². The van der Waals surface area contributed by atoms with Crippen LogP contribution < -0.4 is 4.72 Å². The first-order valence-corrected chi connectivity index (χ1v) is 7.51. The highest BCUT2D eigenvalue weighted by atomic mass is 32.2. The van der Waals surface area contributed by atoms with Crippen molar-refractivity contribution in [1.29, 1.82) is 5.26 Å². The molecule has 20 heavy (non-hydrogen) atoms. The summed E-state index contributed by atoms with van der Waals surface area (Å²) in [6.45, 7) is 5.08. The molecular weight excluding hydrogens is 282 g/mol. The van der Waals surface area contributed by atoms with E-state index in [-0.39, 0.29) is 23.1 Å². The van der Waals surface area contributed by atoms with Gasteiger partial charge in [0, 0.05) is 18.3 Å². The Balaban J connectivity index is 3.17. The summed E-state index contributed by atoms with van der Waals surface area (Å²) in [6.07, 6.45) is 1.32. The van der Waals surface area contributed by atoms with Crippen LogP contribution in [0.1, 0.15) is 43.7 Å². The maximum Gasteiger partial charge on any atom is 0.352 e. The Morgan fingerprint density at radius 3 is 2.50 bits per heavy atom. The Morgan fingerprint density at radius 2 is 2.10 bits per heavy atom. The molecule has 2 N–H and O–H groups in total. The second-order valence-electron chi connectivity index (χ2n) is 4.75. The molecule has 0 bridgehead atoms. The molecule has 7 nitrogen and oxygen atoms in total. The molecule has 0 aliphatic rings. The van der Waals surface area contributed by atoms with Crippen molar-refractivity contribution in [1.82, 2.24) is 9.29 Å². The zero-order valence-corrected chi connectivity index (χ0v) is 12.3. The van der Waals surface area contributed by atoms with E-state index in [1.165, 1.54) is 10.8 Å². The van der Waals surface area contributed by atoms with Crippen molar-refractivity contribution in [3.05, 3.63) is 18.0 Å². The molecule has 110 valence electrons. The van der Waals surface area contributed by atoms with Crippen molar-refractivity contribution in [3.8, 4) is 6.07 Å². The number of carbonyl (C=O) groups is 1. The Morgan fingerprint density at radius 1 is 1.50 bits per heavy atom. The summed E-state index contributed by atoms with van der Waals surface area (Å²) >= 11 is 0. The third-order valence-corrected chi connectivity index (χ3v) is 4.22. The molecule has 0 amide bonds. The first-order chi connectivity index (χ1) is 9.19. The van der Waals surface area contributed by atoms with Crippen molar-refractivity contribution >= 4 is 16.0 Å². The van der Waals surface area contributed by atoms with Gasteiger partial charge in [-0.2, -0.15) is 5.26 Å². The minimum absolute atomic E-state index is 0.0376. The Labute approximate surface area is 117 Å². The average molecular weight is 299 g/mol. The highest BCUT2D eigenvalue weighted by Gasteiger charge is 2.23. The molecule has 1 atom stereocenters. The lowest BCUT2D eigenvalue weighted by molar-refractivity contribution is 0.0683. The van der Waals surface area contributed by atoms with Gasteiger partial charge >= 0.3 is 5.97 Å². The molecule has 1 heterocycles. The number of hydrogen-bond donors (Lipinski definition) is 2. The van der Waals surface area contributed by atoms with Gasteiger partial charge in [-0.15, -0.1) is 0 Å². The summed E-state index contributed by atoms with van der Waals surface area (Å²) in [7, 11) is -3.84. The Bertz CT molecular complexity index is 640. The lowest BCUT2D eigenvalue weighted by Crippen LogP contribution is -2.32. The normalized spacial score (nSPS) is 13.2. The zero-order chi connectivity index (χ0) is 15.5. The van der Waals surface area contributed by atoms with Crippen molar-refractivity contribution in [2.45, 2.75) is 44.2 Å². The second-order valence-corrected chi connectivity index (χ2v) is 6.47. The van der Waals surface area contributed by atoms with Gasteiger partial charge in [0.2, 0.25) is 10.0 Å². The van der Waals surface area contributed by atoms with Gasteiger partial charge < -0.3 is 9.67 Å². The second kappa shape index (κ2) is 6.07. The predicted octanol–water partition coefficient (Wildman–Crippen LogP) is 1.35. The molecule has 1 unspecified atom stereocenters. The number of nitrogens with one attached hydrogen (secondary N) is 1. The van der Waals surface area contributed by atoms with Crippen LogP contribution in [0.15, 0.2) is 17.2 Å². The Hall–Kier alpha value is -1.85. The molecule has 0 aromatic carbocycles. The fourth-order valence-corrected chi connectivity index (χ4v) is 2.98. The standard InChI is InChI=1S/C12H17N3O4S/c1-8(2)15-7-10(6-11(15)12(16)17)20(18,19)14-9(3)4-5-13/h6-9,14H,4H2,1-3H3,(H,16,17). The van der Waals surface area contributed by atoms with Crippen molar-refractivity contribution in [2.75, 3.05) is 0 Å². The van der Waals surface area contributed by atoms with Gasteiger partial charge in [0.05, 0.1) is 12.5 Å². The maximum absolute atomic E-state index is 12.1. The summed E-state index contributed by atoms with van der Waals surface area (Å²) in [5.41, 5.74) is -0.0895. The van der Waals surface area contributed by atoms with E-state index in [0.29, 0.717) is 0 Å². The summed E-state index contributed by atoms with van der Waals surface area (Å²) in [5.74, 6) is -1.19. The van der Waals surface area contributed by atoms with Gasteiger partial charge in [0.25, 0.3) is 0 Å². The number of nitrogens with zero attached hydrogens (tertiary/aromatic N) is 2. The molecule has 0 fully saturated rings. The molecule has 8 heteroatoms. The monoisotopic (exact) mass is 299 g/mol. The minimum atomic E-state index is -3.84. The summed E-state index contributed by atoms with van der Waals surface area (Å²) in [4.78, 5) is 11.0. The highest BCUT2D eigenvalue weighted by molar-refractivity contribution is 7.89. The van der Waals surface area contributed by atoms with E-state index < -0.39 is 22.0 Å². The van der Waals surface area contributed by atoms with Gasteiger partial charge in [0.1, 0.15) is 10.6 Å². The number of sulfonamides is 1. The van der Waals surface area contributed by atoms with Crippen LogP contribution in [-0.2, 0) is 10.0 Å². The van der Waals surface area contributed by atoms with Crippen molar-refractivity contribution < 1.29 is 18.3 Å². The molecule has 1 rings (SSSR count). The van der Waals surface area contributed by atoms with Crippen LogP contribution in [0.4, 0.5) is 0 Å². The summed E-state index contributed by atoms with van der Waals surface area (Å²) in [5, 5.41) is 17.6. The lowest BCUT2D eigenvalue weighted by Gasteiger charge is -2.10. The lowest BCUT2D eigenvalue weighted by atomic mass is 10.3. The third-order valence-electron chi connectivity index (χ3n) is 2.66. The number of nitriles is 1. The fraction of sp³-hybridized carbons (Fsp3) is 0.500. The van der Waals surface area contributed by atoms with E-state index >= 15 is 0 Å². The minimum Gasteiger partial charge on any atom is -0.477 e. The predicted molar refractivity (Wildman–Crippen MR) is 71.8 cm³/mol. The number of rotatable bonds is 6. The van der Waals surface area contributed by atoms with E-state index in [2.05, 4.69) is 4.72 Å². The average Bonchev–Trinajstić information content (AvgIpc) is 2.73. The highest BCUT2D eigenvalue weighted by Crippen LogP contribution is 2.19. The summed E-state index contributed by atoms with van der Waals surface area (Å²) in [6, 6.07) is 2.26. The molecule has 0 aliphatic heterocycles. The van der Waals surface area contributed by atoms with Crippen LogP contribution in [0.5, 0.6) is 0 Å². The van der Waals surface area contributed by atoms with Gasteiger partial charge in [-0.05, 0) is 26.8 Å².